The van der Waals surface area contributed by atoms with E-state index in [4.69, 9.17) is 0 Å². The van der Waals surface area contributed by atoms with Crippen molar-refractivity contribution < 1.29 is 0 Å². The second-order valence-corrected chi connectivity index (χ2v) is 17.0. The number of hydrogen-bond donors (Lipinski definition) is 8. The van der Waals surface area contributed by atoms with Crippen molar-refractivity contribution in [3.05, 3.63) is 0 Å². The predicted molar refractivity (Wildman–Crippen MR) is 165 cm³/mol. The van der Waals surface area contributed by atoms with Gasteiger partial charge in [0.2, 0.25) is 0 Å². The van der Waals surface area contributed by atoms with Gasteiger partial charge < -0.3 is 0 Å². The van der Waals surface area contributed by atoms with Gasteiger partial charge in [0.05, 0.1) is 49.3 Å². The standard InChI is InChI=1S/C32H55BrN8/c33-16-13-14-23-24(15-16)32-40-30-22-12-6-5-11-21(22)28(38-30)36-26-18-8-2-1-7-17(18)25(34-26)35-27-19-9-3-4-10-20(19)29(37-27)39-31(23)41-32/h16-32,34-41H,1-15H2. The Balaban J connectivity index is 1.05. The van der Waals surface area contributed by atoms with Crippen LogP contribution in [0.2, 0.25) is 0 Å². The predicted octanol–water partition coefficient (Wildman–Crippen LogP) is 2.98. The first kappa shape index (κ1) is 27.5. The fourth-order valence-electron chi connectivity index (χ4n) is 11.9. The summed E-state index contributed by atoms with van der Waals surface area (Å²) in [4.78, 5) is 0.655. The Hall–Kier alpha value is 0.160. The first-order valence-electron chi connectivity index (χ1n) is 17.9. The van der Waals surface area contributed by atoms with Crippen molar-refractivity contribution in [2.75, 3.05) is 0 Å². The zero-order valence-corrected chi connectivity index (χ0v) is 26.4. The van der Waals surface area contributed by atoms with Gasteiger partial charge >= 0.3 is 0 Å². The van der Waals surface area contributed by atoms with Crippen LogP contribution >= 0.6 is 15.9 Å². The zero-order valence-electron chi connectivity index (χ0n) is 24.8. The largest absolute Gasteiger partial charge is 0.286 e. The number of rotatable bonds is 0. The van der Waals surface area contributed by atoms with E-state index >= 15 is 0 Å². The van der Waals surface area contributed by atoms with Crippen LogP contribution in [0.25, 0.3) is 0 Å². The molecule has 8 nitrogen and oxygen atoms in total. The van der Waals surface area contributed by atoms with Crippen LogP contribution in [0.5, 0.6) is 0 Å². The number of hydrogen-bond acceptors (Lipinski definition) is 8. The van der Waals surface area contributed by atoms with Crippen LogP contribution in [-0.2, 0) is 0 Å². The molecule has 0 aromatic carbocycles. The molecule has 8 bridgehead atoms. The van der Waals surface area contributed by atoms with E-state index in [1.54, 1.807) is 0 Å². The van der Waals surface area contributed by atoms with Gasteiger partial charge in [-0.25, -0.2) is 0 Å². The van der Waals surface area contributed by atoms with Crippen LogP contribution < -0.4 is 42.5 Å². The summed E-state index contributed by atoms with van der Waals surface area (Å²) in [6, 6.07) is 0. The molecule has 9 aliphatic rings. The first-order chi connectivity index (χ1) is 20.2. The molecule has 4 saturated carbocycles. The van der Waals surface area contributed by atoms with E-state index in [0.29, 0.717) is 66.0 Å². The fraction of sp³-hybridized carbons (Fsp3) is 1.00. The number of alkyl halides is 1. The van der Waals surface area contributed by atoms with Crippen molar-refractivity contribution in [3.8, 4) is 0 Å². The van der Waals surface area contributed by atoms with Crippen LogP contribution in [0.3, 0.4) is 0 Å². The third-order valence-electron chi connectivity index (χ3n) is 13.8. The lowest BCUT2D eigenvalue weighted by Crippen LogP contribution is -2.61. The molecule has 0 aromatic heterocycles. The molecule has 17 unspecified atom stereocenters. The SMILES string of the molecule is BrC1CCC2C3NC4NC(NC5NC(NC6NC(NC(N3)C2C1)C1CCCCC61)C1CCCCC51)C1CCCCC41. The van der Waals surface area contributed by atoms with Crippen molar-refractivity contribution in [1.29, 1.82) is 0 Å². The highest BCUT2D eigenvalue weighted by Gasteiger charge is 2.54. The molecular weight excluding hydrogens is 576 g/mol. The maximum Gasteiger partial charge on any atom is 0.0628 e. The summed E-state index contributed by atoms with van der Waals surface area (Å²) in [5.74, 6) is 5.78. The van der Waals surface area contributed by atoms with E-state index in [-0.39, 0.29) is 0 Å². The summed E-state index contributed by atoms with van der Waals surface area (Å²) in [5.41, 5.74) is 0. The zero-order chi connectivity index (χ0) is 27.1. The van der Waals surface area contributed by atoms with Gasteiger partial charge in [-0.15, -0.1) is 0 Å². The van der Waals surface area contributed by atoms with Gasteiger partial charge in [0.1, 0.15) is 0 Å². The van der Waals surface area contributed by atoms with E-state index in [2.05, 4.69) is 58.5 Å². The van der Waals surface area contributed by atoms with Gasteiger partial charge in [0, 0.05) is 4.83 Å². The second-order valence-electron chi connectivity index (χ2n) is 15.7. The molecule has 9 heteroatoms. The van der Waals surface area contributed by atoms with Crippen molar-refractivity contribution in [3.63, 3.8) is 0 Å². The van der Waals surface area contributed by atoms with Crippen molar-refractivity contribution in [1.82, 2.24) is 42.5 Å². The minimum atomic E-state index is 0.374. The minimum absolute atomic E-state index is 0.374. The van der Waals surface area contributed by atoms with E-state index < -0.39 is 0 Å². The van der Waals surface area contributed by atoms with Gasteiger partial charge in [-0.05, 0) is 105 Å². The summed E-state index contributed by atoms with van der Waals surface area (Å²) < 4.78 is 0. The summed E-state index contributed by atoms with van der Waals surface area (Å²) in [6.45, 7) is 0. The third kappa shape index (κ3) is 4.82. The molecule has 0 spiro atoms. The fourth-order valence-corrected chi connectivity index (χ4v) is 12.6. The molecule has 4 aliphatic carbocycles. The molecule has 41 heavy (non-hydrogen) atoms. The van der Waals surface area contributed by atoms with Crippen molar-refractivity contribution >= 4 is 15.9 Å². The normalized spacial score (nSPS) is 58.3. The molecule has 0 radical (unpaired) electrons. The van der Waals surface area contributed by atoms with Crippen LogP contribution in [0.1, 0.15) is 96.3 Å². The average Bonchev–Trinajstić information content (AvgIpc) is 3.72. The Morgan fingerprint density at radius 2 is 0.537 bits per heavy atom. The van der Waals surface area contributed by atoms with Crippen molar-refractivity contribution in [2.24, 2.45) is 47.3 Å². The molecule has 17 atom stereocenters. The average molecular weight is 632 g/mol. The minimum Gasteiger partial charge on any atom is -0.286 e. The van der Waals surface area contributed by atoms with E-state index in [1.807, 2.05) is 0 Å². The lowest BCUT2D eigenvalue weighted by atomic mass is 9.76. The molecule has 9 fully saturated rings. The highest BCUT2D eigenvalue weighted by atomic mass is 79.9. The summed E-state index contributed by atoms with van der Waals surface area (Å²) in [7, 11) is 0. The number of fused-ring (bicyclic) bond motifs is 20. The van der Waals surface area contributed by atoms with E-state index in [0.717, 1.165) is 35.5 Å². The molecule has 5 aliphatic heterocycles. The molecular formula is C32H55BrN8. The molecule has 0 aromatic rings. The van der Waals surface area contributed by atoms with Gasteiger partial charge in [0.25, 0.3) is 0 Å². The lowest BCUT2D eigenvalue weighted by Gasteiger charge is -2.36. The quantitative estimate of drug-likeness (QED) is 0.194. The molecule has 5 heterocycles. The van der Waals surface area contributed by atoms with Crippen LogP contribution in [0.15, 0.2) is 0 Å². The molecule has 9 rings (SSSR count). The lowest BCUT2D eigenvalue weighted by molar-refractivity contribution is 0.169. The Morgan fingerprint density at radius 1 is 0.293 bits per heavy atom. The maximum atomic E-state index is 4.26. The van der Waals surface area contributed by atoms with Gasteiger partial charge in [-0.2, -0.15) is 0 Å². The van der Waals surface area contributed by atoms with E-state index in [9.17, 15) is 0 Å². The highest BCUT2D eigenvalue weighted by Crippen LogP contribution is 2.46. The smallest absolute Gasteiger partial charge is 0.0628 e. The Kier molecular flexibility index (Phi) is 7.50. The summed E-state index contributed by atoms with van der Waals surface area (Å²) in [5, 5.41) is 33.8. The highest BCUT2D eigenvalue weighted by molar-refractivity contribution is 9.09. The van der Waals surface area contributed by atoms with Gasteiger partial charge in [-0.3, -0.25) is 42.5 Å². The summed E-state index contributed by atoms with van der Waals surface area (Å²) >= 11 is 4.05. The molecule has 230 valence electrons. The number of halogens is 1. The van der Waals surface area contributed by atoms with Gasteiger partial charge in [0.15, 0.2) is 0 Å². The molecule has 5 saturated heterocycles. The second kappa shape index (κ2) is 11.2. The van der Waals surface area contributed by atoms with Gasteiger partial charge in [-0.1, -0.05) is 54.5 Å². The summed E-state index contributed by atoms with van der Waals surface area (Å²) in [6.07, 6.45) is 23.7. The molecule has 0 amide bonds. The molecule has 8 N–H and O–H groups in total. The van der Waals surface area contributed by atoms with Crippen LogP contribution in [0, 0.1) is 47.3 Å². The van der Waals surface area contributed by atoms with Crippen LogP contribution in [0.4, 0.5) is 0 Å². The monoisotopic (exact) mass is 630 g/mol. The van der Waals surface area contributed by atoms with E-state index in [1.165, 1.54) is 96.3 Å². The first-order valence-corrected chi connectivity index (χ1v) is 18.8. The van der Waals surface area contributed by atoms with Crippen LogP contribution in [-0.4, -0.2) is 54.2 Å². The van der Waals surface area contributed by atoms with Crippen molar-refractivity contribution in [2.45, 2.75) is 150 Å². The topological polar surface area (TPSA) is 96.2 Å². The third-order valence-corrected chi connectivity index (χ3v) is 14.6. The Labute approximate surface area is 255 Å². The number of nitrogens with one attached hydrogen (secondary N) is 8. The Bertz CT molecular complexity index is 953. The Morgan fingerprint density at radius 3 is 0.829 bits per heavy atom. The maximum absolute atomic E-state index is 4.26.